The summed E-state index contributed by atoms with van der Waals surface area (Å²) >= 11 is 0. The fourth-order valence-electron chi connectivity index (χ4n) is 3.87. The topological polar surface area (TPSA) is 60.9 Å². The Morgan fingerprint density at radius 1 is 0.821 bits per heavy atom. The third-order valence-electron chi connectivity index (χ3n) is 5.45. The van der Waals surface area contributed by atoms with Gasteiger partial charge in [0.1, 0.15) is 0 Å². The minimum absolute atomic E-state index is 0.0185. The molecule has 0 saturated carbocycles. The summed E-state index contributed by atoms with van der Waals surface area (Å²) in [6.07, 6.45) is 0.509. The Labute approximate surface area is 164 Å². The highest BCUT2D eigenvalue weighted by atomic mass is 16.2. The maximum absolute atomic E-state index is 12.8. The van der Waals surface area contributed by atoms with Crippen LogP contribution in [0.15, 0.2) is 48.5 Å². The average molecular weight is 377 g/mol. The fourth-order valence-corrected chi connectivity index (χ4v) is 3.87. The van der Waals surface area contributed by atoms with Crippen molar-refractivity contribution >= 4 is 29.1 Å². The fraction of sp³-hybridized carbons (Fsp3) is 0.318. The predicted octanol–water partition coefficient (Wildman–Crippen LogP) is 2.61. The highest BCUT2D eigenvalue weighted by Gasteiger charge is 2.30. The van der Waals surface area contributed by atoms with E-state index in [1.54, 1.807) is 24.3 Å². The number of benzene rings is 2. The zero-order valence-corrected chi connectivity index (χ0v) is 15.9. The van der Waals surface area contributed by atoms with Gasteiger partial charge in [-0.05, 0) is 42.8 Å². The zero-order chi connectivity index (χ0) is 19.7. The minimum Gasteiger partial charge on any atom is -0.368 e. The lowest BCUT2D eigenvalue weighted by atomic mass is 10.1. The summed E-state index contributed by atoms with van der Waals surface area (Å²) in [5.41, 5.74) is 3.57. The third kappa shape index (κ3) is 3.38. The lowest BCUT2D eigenvalue weighted by Gasteiger charge is -2.36. The minimum atomic E-state index is -0.184. The monoisotopic (exact) mass is 377 g/mol. The molecule has 0 aromatic heterocycles. The molecule has 28 heavy (non-hydrogen) atoms. The van der Waals surface area contributed by atoms with Gasteiger partial charge in [0.15, 0.2) is 0 Å². The van der Waals surface area contributed by atoms with Gasteiger partial charge >= 0.3 is 0 Å². The molecule has 0 aliphatic carbocycles. The van der Waals surface area contributed by atoms with Crippen molar-refractivity contribution < 1.29 is 14.4 Å². The van der Waals surface area contributed by atoms with Gasteiger partial charge in [0.25, 0.3) is 5.91 Å². The van der Waals surface area contributed by atoms with E-state index < -0.39 is 0 Å². The molecular formula is C22H23N3O3. The Kier molecular flexibility index (Phi) is 4.86. The first-order valence-electron chi connectivity index (χ1n) is 9.60. The first-order valence-corrected chi connectivity index (χ1v) is 9.60. The number of carbonyl (C=O) groups excluding carboxylic acids is 3. The average Bonchev–Trinajstić information content (AvgIpc) is 3.06. The lowest BCUT2D eigenvalue weighted by molar-refractivity contribution is -0.121. The number of hydrogen-bond acceptors (Lipinski definition) is 4. The van der Waals surface area contributed by atoms with Crippen LogP contribution in [0.2, 0.25) is 0 Å². The highest BCUT2D eigenvalue weighted by molar-refractivity contribution is 6.19. The van der Waals surface area contributed by atoms with E-state index in [9.17, 15) is 14.4 Å². The Morgan fingerprint density at radius 3 is 2.04 bits per heavy atom. The lowest BCUT2D eigenvalue weighted by Crippen LogP contribution is -2.49. The molecule has 0 spiro atoms. The van der Waals surface area contributed by atoms with Crippen LogP contribution < -0.4 is 9.80 Å². The zero-order valence-electron chi connectivity index (χ0n) is 15.9. The number of rotatable bonds is 3. The molecule has 2 heterocycles. The molecule has 2 aromatic rings. The molecule has 2 aliphatic heterocycles. The van der Waals surface area contributed by atoms with Crippen LogP contribution in [-0.2, 0) is 9.59 Å². The van der Waals surface area contributed by atoms with Crippen molar-refractivity contribution in [3.05, 3.63) is 59.7 Å². The van der Waals surface area contributed by atoms with Crippen LogP contribution in [0.3, 0.4) is 0 Å². The van der Waals surface area contributed by atoms with E-state index in [0.29, 0.717) is 24.3 Å². The number of anilines is 2. The molecule has 0 bridgehead atoms. The van der Waals surface area contributed by atoms with Gasteiger partial charge in [-0.1, -0.05) is 18.2 Å². The number of aryl methyl sites for hydroxylation is 1. The molecule has 0 N–H and O–H groups in total. The van der Waals surface area contributed by atoms with Crippen molar-refractivity contribution in [1.82, 2.24) is 4.90 Å². The largest absolute Gasteiger partial charge is 0.368 e. The van der Waals surface area contributed by atoms with Crippen molar-refractivity contribution in [3.8, 4) is 0 Å². The van der Waals surface area contributed by atoms with Gasteiger partial charge in [0, 0.05) is 50.3 Å². The predicted molar refractivity (Wildman–Crippen MR) is 107 cm³/mol. The van der Waals surface area contributed by atoms with Crippen LogP contribution in [0.4, 0.5) is 11.4 Å². The quantitative estimate of drug-likeness (QED) is 0.772. The molecule has 3 amide bonds. The van der Waals surface area contributed by atoms with E-state index in [0.717, 1.165) is 13.1 Å². The van der Waals surface area contributed by atoms with Crippen LogP contribution in [0, 0.1) is 6.92 Å². The van der Waals surface area contributed by atoms with Gasteiger partial charge in [-0.3, -0.25) is 19.3 Å². The molecule has 2 saturated heterocycles. The molecule has 2 aliphatic rings. The number of nitrogens with zero attached hydrogens (tertiary/aromatic N) is 3. The summed E-state index contributed by atoms with van der Waals surface area (Å²) in [5, 5.41) is 0. The van der Waals surface area contributed by atoms with Gasteiger partial charge in [-0.15, -0.1) is 0 Å². The summed E-state index contributed by atoms with van der Waals surface area (Å²) in [6.45, 7) is 5.03. The molecule has 6 heteroatoms. The van der Waals surface area contributed by atoms with Crippen LogP contribution >= 0.6 is 0 Å². The first kappa shape index (κ1) is 18.2. The van der Waals surface area contributed by atoms with E-state index in [1.807, 2.05) is 17.0 Å². The van der Waals surface area contributed by atoms with Crippen molar-refractivity contribution in [2.45, 2.75) is 19.8 Å². The van der Waals surface area contributed by atoms with Crippen LogP contribution in [0.1, 0.15) is 28.8 Å². The summed E-state index contributed by atoms with van der Waals surface area (Å²) in [6, 6.07) is 15.0. The third-order valence-corrected chi connectivity index (χ3v) is 5.45. The second kappa shape index (κ2) is 7.46. The summed E-state index contributed by atoms with van der Waals surface area (Å²) in [4.78, 5) is 41.9. The molecule has 2 fully saturated rings. The molecule has 0 atom stereocenters. The van der Waals surface area contributed by atoms with Crippen molar-refractivity contribution in [3.63, 3.8) is 0 Å². The number of piperazine rings is 1. The van der Waals surface area contributed by atoms with Gasteiger partial charge in [-0.2, -0.15) is 0 Å². The van der Waals surface area contributed by atoms with Crippen molar-refractivity contribution in [2.24, 2.45) is 0 Å². The number of carbonyl (C=O) groups is 3. The van der Waals surface area contributed by atoms with Crippen LogP contribution in [0.5, 0.6) is 0 Å². The molecule has 0 unspecified atom stereocenters. The summed E-state index contributed by atoms with van der Waals surface area (Å²) in [7, 11) is 0. The van der Waals surface area contributed by atoms with Crippen LogP contribution in [-0.4, -0.2) is 48.8 Å². The molecule has 6 nitrogen and oxygen atoms in total. The smallest absolute Gasteiger partial charge is 0.253 e. The first-order chi connectivity index (χ1) is 13.5. The summed E-state index contributed by atoms with van der Waals surface area (Å²) < 4.78 is 0. The number of para-hydroxylation sites is 1. The van der Waals surface area contributed by atoms with Crippen LogP contribution in [0.25, 0.3) is 0 Å². The Balaban J connectivity index is 1.41. The second-order valence-corrected chi connectivity index (χ2v) is 7.24. The molecule has 144 valence electrons. The maximum Gasteiger partial charge on any atom is 0.253 e. The Morgan fingerprint density at radius 2 is 1.43 bits per heavy atom. The summed E-state index contributed by atoms with van der Waals surface area (Å²) in [5.74, 6) is -0.386. The highest BCUT2D eigenvalue weighted by Crippen LogP contribution is 2.24. The van der Waals surface area contributed by atoms with Gasteiger partial charge < -0.3 is 9.80 Å². The molecular weight excluding hydrogens is 354 g/mol. The SMILES string of the molecule is Cc1ccccc1N1CCN(C(=O)c2ccc(N3C(=O)CCC3=O)cc2)CC1. The van der Waals surface area contributed by atoms with Gasteiger partial charge in [-0.25, -0.2) is 0 Å². The van der Waals surface area contributed by atoms with Crippen molar-refractivity contribution in [2.75, 3.05) is 36.0 Å². The van der Waals surface area contributed by atoms with Gasteiger partial charge in [0.05, 0.1) is 5.69 Å². The Bertz CT molecular complexity index is 899. The molecule has 4 rings (SSSR count). The van der Waals surface area contributed by atoms with Crippen molar-refractivity contribution in [1.29, 1.82) is 0 Å². The number of imide groups is 1. The van der Waals surface area contributed by atoms with E-state index in [4.69, 9.17) is 0 Å². The molecule has 2 aromatic carbocycles. The second-order valence-electron chi connectivity index (χ2n) is 7.24. The number of hydrogen-bond donors (Lipinski definition) is 0. The van der Waals surface area contributed by atoms with Gasteiger partial charge in [0.2, 0.25) is 11.8 Å². The number of amides is 3. The van der Waals surface area contributed by atoms with E-state index >= 15 is 0 Å². The maximum atomic E-state index is 12.8. The van der Waals surface area contributed by atoms with E-state index in [-0.39, 0.29) is 30.6 Å². The molecule has 0 radical (unpaired) electrons. The van der Waals surface area contributed by atoms with E-state index in [2.05, 4.69) is 24.0 Å². The normalized spacial score (nSPS) is 17.4. The standard InChI is InChI=1S/C22H23N3O3/c1-16-4-2-3-5-19(16)23-12-14-24(15-13-23)22(28)17-6-8-18(9-7-17)25-20(26)10-11-21(25)27/h2-9H,10-15H2,1H3. The van der Waals surface area contributed by atoms with E-state index in [1.165, 1.54) is 16.2 Å². The Hall–Kier alpha value is -3.15.